The van der Waals surface area contributed by atoms with Gasteiger partial charge in [-0.05, 0) is 30.7 Å². The quantitative estimate of drug-likeness (QED) is 0.830. The van der Waals surface area contributed by atoms with Crippen LogP contribution in [0.4, 0.5) is 13.2 Å². The number of benzene rings is 1. The van der Waals surface area contributed by atoms with Gasteiger partial charge in [-0.3, -0.25) is 4.79 Å². The first-order valence-electron chi connectivity index (χ1n) is 6.71. The summed E-state index contributed by atoms with van der Waals surface area (Å²) < 4.78 is 38.0. The molecular formula is C14H16Cl3F3N2O. The molecule has 130 valence electrons. The topological polar surface area (TPSA) is 32.3 Å². The molecule has 1 amide bonds. The predicted octanol–water partition coefficient (Wildman–Crippen LogP) is 3.88. The van der Waals surface area contributed by atoms with Gasteiger partial charge in [0.2, 0.25) is 0 Å². The molecule has 0 unspecified atom stereocenters. The van der Waals surface area contributed by atoms with Crippen molar-refractivity contribution >= 4 is 41.5 Å². The lowest BCUT2D eigenvalue weighted by Crippen LogP contribution is -2.52. The number of nitrogens with zero attached hydrogens (tertiary/aromatic N) is 1. The first kappa shape index (κ1) is 20.4. The van der Waals surface area contributed by atoms with Crippen LogP contribution >= 0.6 is 35.6 Å². The van der Waals surface area contributed by atoms with E-state index in [1.54, 1.807) is 18.2 Å². The average molecular weight is 392 g/mol. The van der Waals surface area contributed by atoms with Crippen LogP contribution in [0.3, 0.4) is 0 Å². The predicted molar refractivity (Wildman–Crippen MR) is 86.6 cm³/mol. The summed E-state index contributed by atoms with van der Waals surface area (Å²) in [5.74, 6) is -2.11. The first-order chi connectivity index (χ1) is 10.2. The maximum absolute atomic E-state index is 12.7. The Hall–Kier alpha value is -0.690. The highest BCUT2D eigenvalue weighted by Gasteiger charge is 2.45. The molecule has 1 aliphatic rings. The van der Waals surface area contributed by atoms with E-state index in [0.29, 0.717) is 29.6 Å². The second-order valence-corrected chi connectivity index (χ2v) is 6.07. The van der Waals surface area contributed by atoms with E-state index >= 15 is 0 Å². The monoisotopic (exact) mass is 390 g/mol. The van der Waals surface area contributed by atoms with Gasteiger partial charge in [0.1, 0.15) is 0 Å². The van der Waals surface area contributed by atoms with E-state index in [0.717, 1.165) is 10.5 Å². The molecule has 1 aromatic rings. The minimum absolute atomic E-state index is 0. The molecule has 0 aromatic heterocycles. The van der Waals surface area contributed by atoms with E-state index in [1.165, 1.54) is 7.05 Å². The van der Waals surface area contributed by atoms with Crippen LogP contribution in [-0.4, -0.2) is 43.2 Å². The molecule has 0 bridgehead atoms. The average Bonchev–Trinajstić information content (AvgIpc) is 2.47. The van der Waals surface area contributed by atoms with Crippen LogP contribution in [0.5, 0.6) is 0 Å². The van der Waals surface area contributed by atoms with Gasteiger partial charge >= 0.3 is 12.1 Å². The summed E-state index contributed by atoms with van der Waals surface area (Å²) in [6.07, 6.45) is -4.44. The molecule has 0 saturated carbocycles. The van der Waals surface area contributed by atoms with Gasteiger partial charge in [-0.15, -0.1) is 12.4 Å². The third kappa shape index (κ3) is 4.66. The van der Waals surface area contributed by atoms with Crippen molar-refractivity contribution in [2.24, 2.45) is 0 Å². The zero-order valence-corrected chi connectivity index (χ0v) is 14.5. The Balaban J connectivity index is 0.00000264. The number of nitrogens with one attached hydrogen (secondary N) is 1. The highest BCUT2D eigenvalue weighted by atomic mass is 35.5. The van der Waals surface area contributed by atoms with Crippen molar-refractivity contribution in [3.63, 3.8) is 0 Å². The lowest BCUT2D eigenvalue weighted by atomic mass is 9.86. The minimum Gasteiger partial charge on any atom is -0.334 e. The number of rotatable bonds is 2. The third-order valence-corrected chi connectivity index (χ3v) is 4.62. The van der Waals surface area contributed by atoms with Crippen LogP contribution in [0.25, 0.3) is 0 Å². The molecule has 1 aliphatic heterocycles. The Morgan fingerprint density at radius 1 is 1.30 bits per heavy atom. The Morgan fingerprint density at radius 3 is 2.52 bits per heavy atom. The number of likely N-dealkylation sites (N-methyl/N-ethyl adjacent to an activating group) is 1. The van der Waals surface area contributed by atoms with Crippen LogP contribution in [-0.2, 0) is 4.79 Å². The Morgan fingerprint density at radius 2 is 1.96 bits per heavy atom. The summed E-state index contributed by atoms with van der Waals surface area (Å²) >= 11 is 11.9. The number of carbonyl (C=O) groups is 1. The fourth-order valence-corrected chi connectivity index (χ4v) is 3.05. The number of halogens is 6. The fraction of sp³-hybridized carbons (Fsp3) is 0.500. The molecule has 0 radical (unpaired) electrons. The second kappa shape index (κ2) is 7.92. The Bertz CT molecular complexity index is 569. The first-order valence-corrected chi connectivity index (χ1v) is 7.47. The molecular weight excluding hydrogens is 376 g/mol. The van der Waals surface area contributed by atoms with Gasteiger partial charge in [0.15, 0.2) is 0 Å². The van der Waals surface area contributed by atoms with Crippen LogP contribution in [0, 0.1) is 0 Å². The fourth-order valence-electron chi connectivity index (χ4n) is 2.74. The molecule has 1 fully saturated rings. The largest absolute Gasteiger partial charge is 0.471 e. The molecule has 9 heteroatoms. The molecule has 0 aliphatic carbocycles. The normalized spacial score (nSPS) is 21.5. The number of piperidine rings is 1. The Labute approximate surface area is 148 Å². The number of hydrogen-bond acceptors (Lipinski definition) is 2. The maximum Gasteiger partial charge on any atom is 0.471 e. The van der Waals surface area contributed by atoms with Crippen molar-refractivity contribution < 1.29 is 18.0 Å². The van der Waals surface area contributed by atoms with Gasteiger partial charge in [0.05, 0.1) is 10.0 Å². The molecule has 1 aromatic carbocycles. The molecule has 1 heterocycles. The van der Waals surface area contributed by atoms with E-state index < -0.39 is 18.1 Å². The van der Waals surface area contributed by atoms with Gasteiger partial charge in [-0.2, -0.15) is 13.2 Å². The minimum atomic E-state index is -4.87. The van der Waals surface area contributed by atoms with E-state index in [-0.39, 0.29) is 18.3 Å². The van der Waals surface area contributed by atoms with Gasteiger partial charge in [0, 0.05) is 25.6 Å². The van der Waals surface area contributed by atoms with Crippen molar-refractivity contribution in [2.75, 3.05) is 20.1 Å². The highest BCUT2D eigenvalue weighted by Crippen LogP contribution is 2.33. The molecule has 1 saturated heterocycles. The molecule has 1 N–H and O–H groups in total. The van der Waals surface area contributed by atoms with Crippen LogP contribution < -0.4 is 5.32 Å². The van der Waals surface area contributed by atoms with Crippen molar-refractivity contribution in [3.05, 3.63) is 33.8 Å². The van der Waals surface area contributed by atoms with Crippen molar-refractivity contribution in [2.45, 2.75) is 24.6 Å². The number of alkyl halides is 3. The molecule has 2 atom stereocenters. The maximum atomic E-state index is 12.7. The van der Waals surface area contributed by atoms with Crippen LogP contribution in [0.15, 0.2) is 18.2 Å². The summed E-state index contributed by atoms with van der Waals surface area (Å²) in [4.78, 5) is 12.3. The summed E-state index contributed by atoms with van der Waals surface area (Å²) in [5.41, 5.74) is 0.758. The molecule has 3 nitrogen and oxygen atoms in total. The Kier molecular flexibility index (Phi) is 7.01. The zero-order valence-electron chi connectivity index (χ0n) is 12.2. The van der Waals surface area contributed by atoms with E-state index in [9.17, 15) is 18.0 Å². The lowest BCUT2D eigenvalue weighted by molar-refractivity contribution is -0.187. The number of amides is 1. The van der Waals surface area contributed by atoms with E-state index in [1.807, 2.05) is 0 Å². The third-order valence-electron chi connectivity index (χ3n) is 3.88. The lowest BCUT2D eigenvalue weighted by Gasteiger charge is -2.39. The second-order valence-electron chi connectivity index (χ2n) is 5.25. The van der Waals surface area contributed by atoms with Crippen molar-refractivity contribution in [3.8, 4) is 0 Å². The summed E-state index contributed by atoms with van der Waals surface area (Å²) in [5, 5.41) is 3.86. The van der Waals surface area contributed by atoms with Gasteiger partial charge in [0.25, 0.3) is 0 Å². The summed E-state index contributed by atoms with van der Waals surface area (Å²) in [6, 6.07) is 4.43. The van der Waals surface area contributed by atoms with E-state index in [2.05, 4.69) is 5.32 Å². The van der Waals surface area contributed by atoms with E-state index in [4.69, 9.17) is 23.2 Å². The molecule has 2 rings (SSSR count). The molecule has 0 spiro atoms. The summed E-state index contributed by atoms with van der Waals surface area (Å²) in [6.45, 7) is 1.02. The van der Waals surface area contributed by atoms with Crippen molar-refractivity contribution in [1.82, 2.24) is 10.2 Å². The van der Waals surface area contributed by atoms with Gasteiger partial charge in [-0.1, -0.05) is 29.3 Å². The van der Waals surface area contributed by atoms with Gasteiger partial charge < -0.3 is 10.2 Å². The highest BCUT2D eigenvalue weighted by molar-refractivity contribution is 6.42. The standard InChI is InChI=1S/C14H15Cl2F3N2O.ClH/c1-21(13(22)14(17,18)19)12-4-5-20-7-9(12)8-2-3-10(15)11(16)6-8;/h2-3,6,9,12,20H,4-5,7H2,1H3;1H/t9-,12+;/m0./s1. The number of carbonyl (C=O) groups excluding carboxylic acids is 1. The van der Waals surface area contributed by atoms with Crippen molar-refractivity contribution in [1.29, 1.82) is 0 Å². The van der Waals surface area contributed by atoms with Crippen LogP contribution in [0.2, 0.25) is 10.0 Å². The SMILES string of the molecule is CN(C(=O)C(F)(F)F)[C@@H]1CCNC[C@H]1c1ccc(Cl)c(Cl)c1.Cl. The van der Waals surface area contributed by atoms with Crippen LogP contribution in [0.1, 0.15) is 17.9 Å². The van der Waals surface area contributed by atoms with Gasteiger partial charge in [-0.25, -0.2) is 0 Å². The smallest absolute Gasteiger partial charge is 0.334 e. The zero-order chi connectivity index (χ0) is 16.5. The number of hydrogen-bond donors (Lipinski definition) is 1. The molecule has 23 heavy (non-hydrogen) atoms. The summed E-state index contributed by atoms with van der Waals surface area (Å²) in [7, 11) is 1.19.